The second-order valence-corrected chi connectivity index (χ2v) is 10.5. The maximum atomic E-state index is 13.0. The first-order valence-electron chi connectivity index (χ1n) is 11.0. The number of carbonyl (C=O) groups excluding carboxylic acids is 1. The van der Waals surface area contributed by atoms with Crippen LogP contribution in [0.25, 0.3) is 15.0 Å². The lowest BCUT2D eigenvalue weighted by molar-refractivity contribution is -0.154. The molecule has 0 fully saturated rings. The van der Waals surface area contributed by atoms with E-state index in [2.05, 4.69) is 59.7 Å². The van der Waals surface area contributed by atoms with Crippen molar-refractivity contribution in [3.8, 4) is 22.5 Å². The van der Waals surface area contributed by atoms with E-state index in [9.17, 15) is 9.18 Å². The van der Waals surface area contributed by atoms with E-state index in [1.165, 1.54) is 27.1 Å². The van der Waals surface area contributed by atoms with Crippen molar-refractivity contribution in [2.24, 2.45) is 0 Å². The van der Waals surface area contributed by atoms with Gasteiger partial charge in [0.25, 0.3) is 0 Å². The van der Waals surface area contributed by atoms with Gasteiger partial charge < -0.3 is 9.47 Å². The van der Waals surface area contributed by atoms with Gasteiger partial charge in [-0.05, 0) is 75.2 Å². The van der Waals surface area contributed by atoms with Gasteiger partial charge in [0.2, 0.25) is 0 Å². The smallest absolute Gasteiger partial charge is 0.345 e. The molecule has 1 unspecified atom stereocenters. The summed E-state index contributed by atoms with van der Waals surface area (Å²) in [6.07, 6.45) is 0. The van der Waals surface area contributed by atoms with Gasteiger partial charge >= 0.3 is 5.97 Å². The van der Waals surface area contributed by atoms with Crippen LogP contribution in [0.1, 0.15) is 30.5 Å². The lowest BCUT2D eigenvalue weighted by Gasteiger charge is -2.19. The number of thiophene rings is 1. The molecule has 4 aromatic rings. The summed E-state index contributed by atoms with van der Waals surface area (Å²) in [6.45, 7) is 7.19. The van der Waals surface area contributed by atoms with Gasteiger partial charge in [-0.15, -0.1) is 0 Å². The van der Waals surface area contributed by atoms with Gasteiger partial charge in [-0.25, -0.2) is 9.18 Å². The third-order valence-corrected chi connectivity index (χ3v) is 7.28. The van der Waals surface area contributed by atoms with Crippen LogP contribution in [0.3, 0.4) is 0 Å². The lowest BCUT2D eigenvalue weighted by Crippen LogP contribution is -2.29. The average molecular weight is 474 g/mol. The molecular weight excluding hydrogens is 447 g/mol. The third-order valence-electron chi connectivity index (χ3n) is 5.28. The molecule has 0 bridgehead atoms. The summed E-state index contributed by atoms with van der Waals surface area (Å²) in [5, 5.41) is 3.50. The van der Waals surface area contributed by atoms with Gasteiger partial charge in [0.15, 0.2) is 21.8 Å². The molecule has 4 rings (SSSR count). The van der Waals surface area contributed by atoms with Crippen molar-refractivity contribution in [2.45, 2.75) is 33.3 Å². The fraction of sp³-hybridized carbons (Fsp3) is 0.207. The van der Waals surface area contributed by atoms with Crippen molar-refractivity contribution in [2.75, 3.05) is 6.61 Å². The Bertz CT molecular complexity index is 1380. The summed E-state index contributed by atoms with van der Waals surface area (Å²) in [5.41, 5.74) is 1.59. The topological polar surface area (TPSA) is 35.5 Å². The lowest BCUT2D eigenvalue weighted by atomic mass is 10.1. The van der Waals surface area contributed by atoms with E-state index in [4.69, 9.17) is 9.47 Å². The van der Waals surface area contributed by atoms with Crippen LogP contribution >= 0.6 is 10.5 Å². The van der Waals surface area contributed by atoms with E-state index in [-0.39, 0.29) is 22.9 Å². The summed E-state index contributed by atoms with van der Waals surface area (Å²) in [7, 11) is -0.104. The number of benzene rings is 3. The number of carbonyl (C=O) groups is 1. The van der Waals surface area contributed by atoms with Gasteiger partial charge in [0, 0.05) is 39.6 Å². The highest BCUT2D eigenvalue weighted by Gasteiger charge is 2.22. The maximum absolute atomic E-state index is 13.0. The van der Waals surface area contributed by atoms with Gasteiger partial charge in [-0.3, -0.25) is 0 Å². The zero-order chi connectivity index (χ0) is 24.3. The minimum Gasteiger partial charge on any atom is -0.481 e. The summed E-state index contributed by atoms with van der Waals surface area (Å²) < 4.78 is 25.7. The van der Waals surface area contributed by atoms with Crippen LogP contribution in [0, 0.1) is 31.5 Å². The molecule has 172 valence electrons. The first-order valence-corrected chi connectivity index (χ1v) is 12.3. The van der Waals surface area contributed by atoms with Crippen LogP contribution in [0.15, 0.2) is 72.1 Å². The molecule has 0 aliphatic rings. The van der Waals surface area contributed by atoms with Crippen LogP contribution in [-0.4, -0.2) is 18.2 Å². The first-order chi connectivity index (χ1) is 16.2. The molecule has 0 N–H and O–H groups in total. The number of hydrogen-bond acceptors (Lipinski definition) is 3. The normalized spacial score (nSPS) is 11.6. The Balaban J connectivity index is 1.43. The molecule has 1 heterocycles. The van der Waals surface area contributed by atoms with Crippen molar-refractivity contribution < 1.29 is 18.7 Å². The molecule has 0 aliphatic carbocycles. The van der Waals surface area contributed by atoms with Crippen LogP contribution in [0.2, 0.25) is 0 Å². The monoisotopic (exact) mass is 473 g/mol. The molecule has 0 saturated heterocycles. The fourth-order valence-corrected chi connectivity index (χ4v) is 5.79. The summed E-state index contributed by atoms with van der Waals surface area (Å²) in [4.78, 5) is 13.7. The van der Waals surface area contributed by atoms with E-state index < -0.39 is 11.6 Å². The zero-order valence-corrected chi connectivity index (χ0v) is 20.5. The Kier molecular flexibility index (Phi) is 6.72. The highest BCUT2D eigenvalue weighted by molar-refractivity contribution is 7.43. The fourth-order valence-electron chi connectivity index (χ4n) is 3.73. The molecule has 3 nitrogen and oxygen atoms in total. The van der Waals surface area contributed by atoms with Crippen molar-refractivity contribution in [3.63, 3.8) is 0 Å². The van der Waals surface area contributed by atoms with Gasteiger partial charge in [-0.2, -0.15) is 0 Å². The SMILES string of the molecule is Cc1cc(-[s+]2ccc3ccccc32)cc(C)c1OCC(=O)OC(C)(C)C#Cc1ccc(F)cc1. The number of aryl methyl sites for hydroxylation is 2. The predicted octanol–water partition coefficient (Wildman–Crippen LogP) is 7.09. The number of hydrogen-bond donors (Lipinski definition) is 0. The van der Waals surface area contributed by atoms with Crippen molar-refractivity contribution in [1.82, 2.24) is 0 Å². The second kappa shape index (κ2) is 9.70. The van der Waals surface area contributed by atoms with E-state index in [1.807, 2.05) is 13.8 Å². The maximum Gasteiger partial charge on any atom is 0.345 e. The van der Waals surface area contributed by atoms with Crippen LogP contribution in [0.4, 0.5) is 4.39 Å². The number of fused-ring (bicyclic) bond motifs is 1. The molecule has 0 saturated carbocycles. The summed E-state index contributed by atoms with van der Waals surface area (Å²) in [5.74, 6) is 5.69. The number of esters is 1. The van der Waals surface area contributed by atoms with Gasteiger partial charge in [0.1, 0.15) is 16.9 Å². The van der Waals surface area contributed by atoms with Gasteiger partial charge in [-0.1, -0.05) is 24.0 Å². The molecule has 0 spiro atoms. The zero-order valence-electron chi connectivity index (χ0n) is 19.6. The molecule has 5 heteroatoms. The highest BCUT2D eigenvalue weighted by Crippen LogP contribution is 2.42. The van der Waals surface area contributed by atoms with Crippen LogP contribution < -0.4 is 4.74 Å². The Morgan fingerprint density at radius 1 is 1.00 bits per heavy atom. The molecule has 3 aromatic carbocycles. The molecule has 0 amide bonds. The Labute approximate surface area is 202 Å². The predicted molar refractivity (Wildman–Crippen MR) is 136 cm³/mol. The Morgan fingerprint density at radius 3 is 2.38 bits per heavy atom. The van der Waals surface area contributed by atoms with Gasteiger partial charge in [0.05, 0.1) is 0 Å². The molecule has 34 heavy (non-hydrogen) atoms. The Hall–Kier alpha value is -3.62. The first kappa shape index (κ1) is 23.5. The number of ether oxygens (including phenoxy) is 2. The van der Waals surface area contributed by atoms with E-state index in [0.29, 0.717) is 11.3 Å². The van der Waals surface area contributed by atoms with Crippen molar-refractivity contribution >= 4 is 26.5 Å². The minimum absolute atomic E-state index is 0.104. The Morgan fingerprint density at radius 2 is 1.68 bits per heavy atom. The number of rotatable bonds is 5. The third kappa shape index (κ3) is 5.47. The summed E-state index contributed by atoms with van der Waals surface area (Å²) >= 11 is 0. The van der Waals surface area contributed by atoms with Crippen LogP contribution in [0.5, 0.6) is 5.75 Å². The standard InChI is InChI=1S/C29H26FO3S/c1-20-17-25(34-16-14-23-7-5-6-8-26(23)34)18-21(2)28(20)32-19-27(31)33-29(3,4)15-13-22-9-11-24(30)12-10-22/h5-12,14,16-18H,19H2,1-4H3/q+1. The molecular formula is C29H26FO3S+. The molecule has 0 aliphatic heterocycles. The highest BCUT2D eigenvalue weighted by atomic mass is 32.2. The average Bonchev–Trinajstić information content (AvgIpc) is 3.22. The number of halogens is 1. The van der Waals surface area contributed by atoms with E-state index in [0.717, 1.165) is 11.1 Å². The summed E-state index contributed by atoms with van der Waals surface area (Å²) in [6, 6.07) is 20.7. The largest absolute Gasteiger partial charge is 0.481 e. The molecule has 1 aromatic heterocycles. The minimum atomic E-state index is -1.01. The molecule has 0 radical (unpaired) electrons. The van der Waals surface area contributed by atoms with Crippen LogP contribution in [-0.2, 0) is 9.53 Å². The molecule has 1 atom stereocenters. The van der Waals surface area contributed by atoms with Crippen molar-refractivity contribution in [3.05, 3.63) is 94.6 Å². The van der Waals surface area contributed by atoms with Crippen molar-refractivity contribution in [1.29, 1.82) is 0 Å². The van der Waals surface area contributed by atoms with E-state index >= 15 is 0 Å². The van der Waals surface area contributed by atoms with E-state index in [1.54, 1.807) is 26.0 Å². The quantitative estimate of drug-likeness (QED) is 0.176. The second-order valence-electron chi connectivity index (χ2n) is 8.59.